The molecule has 0 aliphatic rings. The minimum atomic E-state index is -0.552. The minimum Gasteiger partial charge on any atom is -0.314 e. The monoisotopic (exact) mass is 276 g/mol. The van der Waals surface area contributed by atoms with E-state index in [0.717, 1.165) is 0 Å². The number of aromatic amines is 4. The van der Waals surface area contributed by atoms with Crippen molar-refractivity contribution in [3.8, 4) is 12.3 Å². The third-order valence-corrected chi connectivity index (χ3v) is 2.25. The largest absolute Gasteiger partial charge is 0.325 e. The van der Waals surface area contributed by atoms with Gasteiger partial charge in [-0.2, -0.15) is 0 Å². The topological polar surface area (TPSA) is 131 Å². The number of aromatic nitrogens is 4. The van der Waals surface area contributed by atoms with Crippen molar-refractivity contribution in [1.29, 1.82) is 0 Å². The number of hydrogen-bond acceptors (Lipinski definition) is 4. The van der Waals surface area contributed by atoms with Crippen LogP contribution in [0.15, 0.2) is 31.6 Å². The van der Waals surface area contributed by atoms with Crippen molar-refractivity contribution in [2.45, 2.75) is 13.3 Å². The van der Waals surface area contributed by atoms with Crippen LogP contribution in [0.5, 0.6) is 0 Å². The molecule has 104 valence electrons. The van der Waals surface area contributed by atoms with E-state index in [-0.39, 0.29) is 11.1 Å². The van der Waals surface area contributed by atoms with Crippen LogP contribution in [-0.2, 0) is 6.42 Å². The molecule has 2 aromatic heterocycles. The van der Waals surface area contributed by atoms with Gasteiger partial charge in [-0.3, -0.25) is 19.6 Å². The summed E-state index contributed by atoms with van der Waals surface area (Å²) >= 11 is 0. The van der Waals surface area contributed by atoms with Crippen molar-refractivity contribution in [2.24, 2.45) is 0 Å². The number of nitrogens with one attached hydrogen (secondary N) is 4. The first-order valence-corrected chi connectivity index (χ1v) is 5.57. The third kappa shape index (κ3) is 3.99. The smallest absolute Gasteiger partial charge is 0.314 e. The molecule has 8 heteroatoms. The number of aryl methyl sites for hydroxylation is 1. The van der Waals surface area contributed by atoms with Crippen molar-refractivity contribution in [3.05, 3.63) is 65.2 Å². The molecule has 8 nitrogen and oxygen atoms in total. The Morgan fingerprint density at radius 2 is 1.55 bits per heavy atom. The SMILES string of the molecule is C#Cc1c[nH]c(=O)[nH]c1=O.CCc1c[nH]c(=O)[nH]c1=O. The highest BCUT2D eigenvalue weighted by molar-refractivity contribution is 5.25. The fraction of sp³-hybridized carbons (Fsp3) is 0.167. The number of terminal acetylenes is 1. The van der Waals surface area contributed by atoms with Gasteiger partial charge in [0.15, 0.2) is 0 Å². The lowest BCUT2D eigenvalue weighted by Gasteiger charge is -1.89. The lowest BCUT2D eigenvalue weighted by Crippen LogP contribution is -2.23. The van der Waals surface area contributed by atoms with Crippen molar-refractivity contribution < 1.29 is 0 Å². The Bertz CT molecular complexity index is 847. The number of H-pyrrole nitrogens is 4. The van der Waals surface area contributed by atoms with Crippen molar-refractivity contribution in [1.82, 2.24) is 19.9 Å². The van der Waals surface area contributed by atoms with Crippen LogP contribution in [0.1, 0.15) is 18.1 Å². The first-order chi connectivity index (χ1) is 9.47. The van der Waals surface area contributed by atoms with E-state index in [4.69, 9.17) is 6.42 Å². The van der Waals surface area contributed by atoms with Gasteiger partial charge in [0.05, 0.1) is 0 Å². The first-order valence-electron chi connectivity index (χ1n) is 5.57. The van der Waals surface area contributed by atoms with Gasteiger partial charge in [-0.25, -0.2) is 9.59 Å². The summed E-state index contributed by atoms with van der Waals surface area (Å²) in [5.74, 6) is 2.11. The van der Waals surface area contributed by atoms with E-state index in [1.807, 2.05) is 11.9 Å². The van der Waals surface area contributed by atoms with Crippen LogP contribution in [0.2, 0.25) is 0 Å². The molecule has 0 aromatic carbocycles. The Balaban J connectivity index is 0.000000200. The molecule has 0 atom stereocenters. The summed E-state index contributed by atoms with van der Waals surface area (Å²) in [5, 5.41) is 0. The highest BCUT2D eigenvalue weighted by Crippen LogP contribution is 1.82. The maximum absolute atomic E-state index is 10.8. The van der Waals surface area contributed by atoms with Crippen LogP contribution in [0.4, 0.5) is 0 Å². The molecule has 2 heterocycles. The van der Waals surface area contributed by atoms with Crippen LogP contribution >= 0.6 is 0 Å². The van der Waals surface area contributed by atoms with Crippen LogP contribution in [0, 0.1) is 12.3 Å². The van der Waals surface area contributed by atoms with Gasteiger partial charge >= 0.3 is 11.4 Å². The Morgan fingerprint density at radius 1 is 1.00 bits per heavy atom. The van der Waals surface area contributed by atoms with E-state index in [9.17, 15) is 19.2 Å². The zero-order valence-electron chi connectivity index (χ0n) is 10.6. The highest BCUT2D eigenvalue weighted by atomic mass is 16.2. The quantitative estimate of drug-likeness (QED) is 0.480. The summed E-state index contributed by atoms with van der Waals surface area (Å²) in [4.78, 5) is 51.0. The molecule has 0 radical (unpaired) electrons. The Labute approximate surface area is 111 Å². The van der Waals surface area contributed by atoms with E-state index < -0.39 is 16.9 Å². The van der Waals surface area contributed by atoms with E-state index in [0.29, 0.717) is 12.0 Å². The molecule has 0 saturated heterocycles. The summed E-state index contributed by atoms with van der Waals surface area (Å²) in [6.45, 7) is 1.85. The predicted molar refractivity (Wildman–Crippen MR) is 72.7 cm³/mol. The summed E-state index contributed by atoms with van der Waals surface area (Å²) in [6.07, 6.45) is 8.17. The lowest BCUT2D eigenvalue weighted by molar-refractivity contribution is 0.960. The standard InChI is InChI=1S/C6H8N2O2.C6H4N2O2/c2*1-2-4-3-7-6(10)8-5(4)9/h3H,2H2,1H3,(H2,7,8,9,10);1,3H,(H2,7,8,9,10). The Morgan fingerprint density at radius 3 is 2.00 bits per heavy atom. The molecule has 20 heavy (non-hydrogen) atoms. The molecular formula is C12H12N4O4. The maximum atomic E-state index is 10.8. The first kappa shape index (κ1) is 15.0. The van der Waals surface area contributed by atoms with Crippen LogP contribution in [0.25, 0.3) is 0 Å². The van der Waals surface area contributed by atoms with Gasteiger partial charge in [0.2, 0.25) is 0 Å². The minimum absolute atomic E-state index is 0.125. The average molecular weight is 276 g/mol. The van der Waals surface area contributed by atoms with E-state index in [1.165, 1.54) is 12.4 Å². The molecular weight excluding hydrogens is 264 g/mol. The van der Waals surface area contributed by atoms with Crippen molar-refractivity contribution in [2.75, 3.05) is 0 Å². The van der Waals surface area contributed by atoms with E-state index in [1.54, 1.807) is 0 Å². The van der Waals surface area contributed by atoms with Gasteiger partial charge in [-0.1, -0.05) is 12.8 Å². The zero-order chi connectivity index (χ0) is 15.1. The van der Waals surface area contributed by atoms with Gasteiger partial charge in [0, 0.05) is 18.0 Å². The van der Waals surface area contributed by atoms with Crippen LogP contribution < -0.4 is 22.5 Å². The lowest BCUT2D eigenvalue weighted by atomic mass is 10.3. The second kappa shape index (κ2) is 6.75. The van der Waals surface area contributed by atoms with Crippen LogP contribution in [-0.4, -0.2) is 19.9 Å². The summed E-state index contributed by atoms with van der Waals surface area (Å²) < 4.78 is 0. The second-order valence-electron chi connectivity index (χ2n) is 3.58. The molecule has 0 bridgehead atoms. The number of hydrogen-bond donors (Lipinski definition) is 4. The molecule has 0 unspecified atom stereocenters. The Kier molecular flexibility index (Phi) is 5.05. The molecule has 0 amide bonds. The molecule has 2 aromatic rings. The Hall–Kier alpha value is -3.08. The summed E-state index contributed by atoms with van der Waals surface area (Å²) in [5.41, 5.74) is -1.12. The highest BCUT2D eigenvalue weighted by Gasteiger charge is 1.94. The van der Waals surface area contributed by atoms with Crippen molar-refractivity contribution >= 4 is 0 Å². The fourth-order valence-corrected chi connectivity index (χ4v) is 1.22. The molecule has 0 saturated carbocycles. The molecule has 0 aliphatic heterocycles. The van der Waals surface area contributed by atoms with Gasteiger partial charge in [-0.15, -0.1) is 6.42 Å². The van der Waals surface area contributed by atoms with Crippen molar-refractivity contribution in [3.63, 3.8) is 0 Å². The fourth-order valence-electron chi connectivity index (χ4n) is 1.22. The van der Waals surface area contributed by atoms with Gasteiger partial charge < -0.3 is 9.97 Å². The predicted octanol–water partition coefficient (Wildman–Crippen LogP) is -1.33. The normalized spacial score (nSPS) is 9.20. The molecule has 0 aliphatic carbocycles. The van der Waals surface area contributed by atoms with Gasteiger partial charge in [0.25, 0.3) is 11.1 Å². The molecule has 4 N–H and O–H groups in total. The van der Waals surface area contributed by atoms with Gasteiger partial charge in [0.1, 0.15) is 5.56 Å². The van der Waals surface area contributed by atoms with E-state index in [2.05, 4.69) is 20.9 Å². The summed E-state index contributed by atoms with van der Waals surface area (Å²) in [6, 6.07) is 0. The number of rotatable bonds is 1. The second-order valence-corrected chi connectivity index (χ2v) is 3.58. The molecule has 0 fully saturated rings. The third-order valence-electron chi connectivity index (χ3n) is 2.25. The zero-order valence-corrected chi connectivity index (χ0v) is 10.6. The maximum Gasteiger partial charge on any atom is 0.325 e. The average Bonchev–Trinajstić information content (AvgIpc) is 2.40. The summed E-state index contributed by atoms with van der Waals surface area (Å²) in [7, 11) is 0. The van der Waals surface area contributed by atoms with Crippen LogP contribution in [0.3, 0.4) is 0 Å². The van der Waals surface area contributed by atoms with Gasteiger partial charge in [-0.05, 0) is 6.42 Å². The molecule has 2 rings (SSSR count). The van der Waals surface area contributed by atoms with E-state index >= 15 is 0 Å². The molecule has 0 spiro atoms.